The van der Waals surface area contributed by atoms with Crippen LogP contribution < -0.4 is 21.9 Å². The number of hydrogen-bond acceptors (Lipinski definition) is 7. The van der Waals surface area contributed by atoms with Crippen molar-refractivity contribution in [2.45, 2.75) is 26.7 Å². The van der Waals surface area contributed by atoms with E-state index in [1.807, 2.05) is 13.0 Å². The Hall–Kier alpha value is -1.93. The molecule has 0 aliphatic rings. The van der Waals surface area contributed by atoms with E-state index in [1.54, 1.807) is 11.3 Å². The molecule has 0 fully saturated rings. The average Bonchev–Trinajstić information content (AvgIpc) is 2.93. The van der Waals surface area contributed by atoms with E-state index in [-0.39, 0.29) is 12.5 Å². The van der Waals surface area contributed by atoms with Gasteiger partial charge in [0.2, 0.25) is 11.9 Å². The highest BCUT2D eigenvalue weighted by Crippen LogP contribution is 2.30. The lowest BCUT2D eigenvalue weighted by atomic mass is 10.3. The Balaban J connectivity index is 2.20. The number of nitrogens with one attached hydrogen (secondary N) is 3. The molecule has 0 saturated heterocycles. The number of amides is 1. The SMILES string of the molecule is CCCNC(=O)CNc1nc(NN)nc2sc(CC)cc12. The van der Waals surface area contributed by atoms with Gasteiger partial charge in [0.1, 0.15) is 10.6 Å². The maximum atomic E-state index is 11.7. The highest BCUT2D eigenvalue weighted by molar-refractivity contribution is 7.18. The van der Waals surface area contributed by atoms with Gasteiger partial charge in [-0.25, -0.2) is 10.8 Å². The first kappa shape index (κ1) is 15.5. The first-order chi connectivity index (χ1) is 10.2. The fourth-order valence-corrected chi connectivity index (χ4v) is 2.80. The van der Waals surface area contributed by atoms with Crippen LogP contribution in [0.1, 0.15) is 25.1 Å². The van der Waals surface area contributed by atoms with Gasteiger partial charge in [0.05, 0.1) is 11.9 Å². The van der Waals surface area contributed by atoms with Gasteiger partial charge in [0, 0.05) is 11.4 Å². The van der Waals surface area contributed by atoms with Crippen LogP contribution in [0.15, 0.2) is 6.07 Å². The zero-order valence-corrected chi connectivity index (χ0v) is 13.0. The van der Waals surface area contributed by atoms with Crippen molar-refractivity contribution in [3.05, 3.63) is 10.9 Å². The highest BCUT2D eigenvalue weighted by atomic mass is 32.1. The van der Waals surface area contributed by atoms with Crippen LogP contribution in [0.4, 0.5) is 11.8 Å². The summed E-state index contributed by atoms with van der Waals surface area (Å²) in [6.07, 6.45) is 1.85. The van der Waals surface area contributed by atoms with Crippen molar-refractivity contribution in [1.29, 1.82) is 0 Å². The summed E-state index contributed by atoms with van der Waals surface area (Å²) in [5, 5.41) is 6.79. The minimum absolute atomic E-state index is 0.0585. The van der Waals surface area contributed by atoms with E-state index >= 15 is 0 Å². The fraction of sp³-hybridized carbons (Fsp3) is 0.462. The van der Waals surface area contributed by atoms with Gasteiger partial charge in [-0.15, -0.1) is 11.3 Å². The summed E-state index contributed by atoms with van der Waals surface area (Å²) in [6, 6.07) is 2.05. The molecule has 0 saturated carbocycles. The molecule has 0 aromatic carbocycles. The van der Waals surface area contributed by atoms with Crippen molar-refractivity contribution >= 4 is 39.2 Å². The van der Waals surface area contributed by atoms with Crippen LogP contribution >= 0.6 is 11.3 Å². The molecule has 0 aliphatic carbocycles. The van der Waals surface area contributed by atoms with Crippen LogP contribution in [0.5, 0.6) is 0 Å². The van der Waals surface area contributed by atoms with Gasteiger partial charge < -0.3 is 10.6 Å². The first-order valence-electron chi connectivity index (χ1n) is 6.95. The number of nitrogens with two attached hydrogens (primary N) is 1. The number of thiophene rings is 1. The third-order valence-electron chi connectivity index (χ3n) is 2.91. The van der Waals surface area contributed by atoms with Gasteiger partial charge in [0.25, 0.3) is 0 Å². The molecule has 8 heteroatoms. The van der Waals surface area contributed by atoms with Crippen molar-refractivity contribution in [2.75, 3.05) is 23.8 Å². The van der Waals surface area contributed by atoms with Gasteiger partial charge in [-0.1, -0.05) is 13.8 Å². The average molecular weight is 308 g/mol. The number of carbonyl (C=O) groups excluding carboxylic acids is 1. The number of aromatic nitrogens is 2. The largest absolute Gasteiger partial charge is 0.360 e. The maximum Gasteiger partial charge on any atom is 0.240 e. The Morgan fingerprint density at radius 3 is 2.86 bits per heavy atom. The molecular formula is C13H20N6OS. The molecule has 0 bridgehead atoms. The van der Waals surface area contributed by atoms with Crippen LogP contribution in [0.2, 0.25) is 0 Å². The molecule has 21 heavy (non-hydrogen) atoms. The van der Waals surface area contributed by atoms with Gasteiger partial charge in [0.15, 0.2) is 0 Å². The molecule has 2 heterocycles. The minimum Gasteiger partial charge on any atom is -0.360 e. The van der Waals surface area contributed by atoms with Crippen molar-refractivity contribution in [3.8, 4) is 0 Å². The molecule has 0 spiro atoms. The van der Waals surface area contributed by atoms with Crippen LogP contribution in [-0.4, -0.2) is 29.0 Å². The fourth-order valence-electron chi connectivity index (χ4n) is 1.84. The van der Waals surface area contributed by atoms with Gasteiger partial charge in [-0.05, 0) is 18.9 Å². The van der Waals surface area contributed by atoms with E-state index in [0.29, 0.717) is 18.3 Å². The standard InChI is InChI=1S/C13H20N6OS/c1-3-5-15-10(20)7-16-11-9-6-8(4-2)21-12(9)18-13(17-11)19-14/h6H,3-5,7,14H2,1-2H3,(H,15,20)(H2,16,17,18,19). The summed E-state index contributed by atoms with van der Waals surface area (Å²) in [7, 11) is 0. The van der Waals surface area contributed by atoms with E-state index in [1.165, 1.54) is 4.88 Å². The van der Waals surface area contributed by atoms with Crippen LogP contribution in [0.25, 0.3) is 10.2 Å². The van der Waals surface area contributed by atoms with Crippen LogP contribution in [0.3, 0.4) is 0 Å². The molecule has 2 aromatic rings. The normalized spacial score (nSPS) is 10.6. The van der Waals surface area contributed by atoms with E-state index in [0.717, 1.165) is 23.1 Å². The van der Waals surface area contributed by atoms with Crippen LogP contribution in [0, 0.1) is 0 Å². The topological polar surface area (TPSA) is 105 Å². The Kier molecular flexibility index (Phi) is 5.29. The molecule has 0 radical (unpaired) electrons. The second-order valence-electron chi connectivity index (χ2n) is 4.53. The van der Waals surface area contributed by atoms with E-state index in [9.17, 15) is 4.79 Å². The first-order valence-corrected chi connectivity index (χ1v) is 7.77. The van der Waals surface area contributed by atoms with E-state index < -0.39 is 0 Å². The number of nitrogen functional groups attached to an aromatic ring is 1. The molecule has 1 amide bonds. The number of carbonyl (C=O) groups is 1. The smallest absolute Gasteiger partial charge is 0.240 e. The van der Waals surface area contributed by atoms with E-state index in [4.69, 9.17) is 5.84 Å². The summed E-state index contributed by atoms with van der Waals surface area (Å²) in [6.45, 7) is 4.95. The number of hydrazine groups is 1. The van der Waals surface area contributed by atoms with Crippen LogP contribution in [-0.2, 0) is 11.2 Å². The van der Waals surface area contributed by atoms with Gasteiger partial charge in [-0.2, -0.15) is 4.98 Å². The Bertz CT molecular complexity index is 626. The molecular weight excluding hydrogens is 288 g/mol. The number of rotatable bonds is 7. The monoisotopic (exact) mass is 308 g/mol. The molecule has 0 unspecified atom stereocenters. The third kappa shape index (κ3) is 3.79. The zero-order chi connectivity index (χ0) is 15.2. The molecule has 114 valence electrons. The second kappa shape index (κ2) is 7.19. The lowest BCUT2D eigenvalue weighted by Gasteiger charge is -2.08. The van der Waals surface area contributed by atoms with Crippen molar-refractivity contribution in [2.24, 2.45) is 5.84 Å². The van der Waals surface area contributed by atoms with Crippen molar-refractivity contribution in [1.82, 2.24) is 15.3 Å². The Labute approximate surface area is 127 Å². The minimum atomic E-state index is -0.0585. The second-order valence-corrected chi connectivity index (χ2v) is 5.64. The quantitative estimate of drug-likeness (QED) is 0.456. The summed E-state index contributed by atoms with van der Waals surface area (Å²) in [4.78, 5) is 22.4. The van der Waals surface area contributed by atoms with E-state index in [2.05, 4.69) is 33.0 Å². The molecule has 5 N–H and O–H groups in total. The summed E-state index contributed by atoms with van der Waals surface area (Å²) in [5.74, 6) is 6.29. The molecule has 2 rings (SSSR count). The number of fused-ring (bicyclic) bond motifs is 1. The lowest BCUT2D eigenvalue weighted by Crippen LogP contribution is -2.30. The molecule has 0 atom stereocenters. The Morgan fingerprint density at radius 1 is 1.38 bits per heavy atom. The van der Waals surface area contributed by atoms with Gasteiger partial charge in [-0.3, -0.25) is 10.2 Å². The Morgan fingerprint density at radius 2 is 2.19 bits per heavy atom. The number of nitrogens with zero attached hydrogens (tertiary/aromatic N) is 2. The lowest BCUT2D eigenvalue weighted by molar-refractivity contribution is -0.119. The zero-order valence-electron chi connectivity index (χ0n) is 12.2. The maximum absolute atomic E-state index is 11.7. The predicted molar refractivity (Wildman–Crippen MR) is 86.4 cm³/mol. The summed E-state index contributed by atoms with van der Waals surface area (Å²) >= 11 is 1.60. The van der Waals surface area contributed by atoms with Crippen molar-refractivity contribution in [3.63, 3.8) is 0 Å². The number of aryl methyl sites for hydroxylation is 1. The number of hydrogen-bond donors (Lipinski definition) is 4. The molecule has 2 aromatic heterocycles. The van der Waals surface area contributed by atoms with Crippen molar-refractivity contribution < 1.29 is 4.79 Å². The molecule has 7 nitrogen and oxygen atoms in total. The van der Waals surface area contributed by atoms with Gasteiger partial charge >= 0.3 is 0 Å². The summed E-state index contributed by atoms with van der Waals surface area (Å²) < 4.78 is 0. The summed E-state index contributed by atoms with van der Waals surface area (Å²) in [5.41, 5.74) is 2.45. The third-order valence-corrected chi connectivity index (χ3v) is 4.08. The predicted octanol–water partition coefficient (Wildman–Crippen LogP) is 1.48. The highest BCUT2D eigenvalue weighted by Gasteiger charge is 2.11. The molecule has 0 aliphatic heterocycles. The number of anilines is 2.